The van der Waals surface area contributed by atoms with E-state index in [9.17, 15) is 4.79 Å². The van der Waals surface area contributed by atoms with Gasteiger partial charge in [-0.2, -0.15) is 0 Å². The highest BCUT2D eigenvalue weighted by atomic mass is 16.2. The Morgan fingerprint density at radius 1 is 1.42 bits per heavy atom. The first-order valence-corrected chi connectivity index (χ1v) is 7.03. The van der Waals surface area contributed by atoms with Gasteiger partial charge < -0.3 is 10.6 Å². The summed E-state index contributed by atoms with van der Waals surface area (Å²) in [5, 5.41) is 0. The number of likely N-dealkylation sites (N-methyl/N-ethyl adjacent to an activating group) is 1. The Balaban J connectivity index is 1.92. The molecule has 4 nitrogen and oxygen atoms in total. The van der Waals surface area contributed by atoms with Crippen molar-refractivity contribution in [2.75, 3.05) is 20.1 Å². The minimum Gasteiger partial charge on any atom is -0.345 e. The average Bonchev–Trinajstić information content (AvgIpc) is 2.95. The van der Waals surface area contributed by atoms with Gasteiger partial charge >= 0.3 is 0 Å². The standard InChI is InChI=1S/C15H23N3O/c1-18(11-7-13-6-2-5-10-17-13)14(19)15(12-16)8-3-4-9-15/h2,5-6,10H,3-4,7-9,11-12,16H2,1H3. The van der Waals surface area contributed by atoms with E-state index in [2.05, 4.69) is 4.98 Å². The number of hydrogen-bond acceptors (Lipinski definition) is 3. The summed E-state index contributed by atoms with van der Waals surface area (Å²) in [6, 6.07) is 5.87. The van der Waals surface area contributed by atoms with Gasteiger partial charge in [0.25, 0.3) is 0 Å². The number of aromatic nitrogens is 1. The molecule has 0 spiro atoms. The molecule has 0 aromatic carbocycles. The van der Waals surface area contributed by atoms with E-state index in [1.807, 2.05) is 30.1 Å². The zero-order chi connectivity index (χ0) is 13.7. The first-order valence-electron chi connectivity index (χ1n) is 7.03. The summed E-state index contributed by atoms with van der Waals surface area (Å²) in [4.78, 5) is 18.7. The molecule has 104 valence electrons. The first-order chi connectivity index (χ1) is 9.18. The number of carbonyl (C=O) groups excluding carboxylic acids is 1. The van der Waals surface area contributed by atoms with E-state index < -0.39 is 0 Å². The van der Waals surface area contributed by atoms with E-state index in [4.69, 9.17) is 5.73 Å². The first kappa shape index (κ1) is 14.0. The SMILES string of the molecule is CN(CCc1ccccn1)C(=O)C1(CN)CCCC1. The lowest BCUT2D eigenvalue weighted by Crippen LogP contribution is -2.45. The number of rotatable bonds is 5. The predicted molar refractivity (Wildman–Crippen MR) is 75.5 cm³/mol. The van der Waals surface area contributed by atoms with Gasteiger partial charge in [0.1, 0.15) is 0 Å². The highest BCUT2D eigenvalue weighted by Crippen LogP contribution is 2.38. The van der Waals surface area contributed by atoms with E-state index in [0.717, 1.165) is 37.8 Å². The molecule has 0 atom stereocenters. The Morgan fingerprint density at radius 3 is 2.74 bits per heavy atom. The third-order valence-corrected chi connectivity index (χ3v) is 4.18. The van der Waals surface area contributed by atoms with Crippen LogP contribution in [0.2, 0.25) is 0 Å². The molecule has 1 aromatic heterocycles. The van der Waals surface area contributed by atoms with Gasteiger partial charge in [-0.3, -0.25) is 9.78 Å². The zero-order valence-corrected chi connectivity index (χ0v) is 11.6. The molecule has 1 amide bonds. The maximum absolute atomic E-state index is 12.5. The van der Waals surface area contributed by atoms with Crippen LogP contribution in [0.3, 0.4) is 0 Å². The van der Waals surface area contributed by atoms with Crippen molar-refractivity contribution in [2.24, 2.45) is 11.1 Å². The van der Waals surface area contributed by atoms with Crippen LogP contribution in [0, 0.1) is 5.41 Å². The van der Waals surface area contributed by atoms with E-state index in [1.165, 1.54) is 0 Å². The van der Waals surface area contributed by atoms with Crippen LogP contribution in [0.4, 0.5) is 0 Å². The largest absolute Gasteiger partial charge is 0.345 e. The molecule has 1 fully saturated rings. The lowest BCUT2D eigenvalue weighted by atomic mass is 9.84. The third kappa shape index (κ3) is 3.13. The van der Waals surface area contributed by atoms with Crippen LogP contribution in [0.15, 0.2) is 24.4 Å². The molecule has 0 unspecified atom stereocenters. The fraction of sp³-hybridized carbons (Fsp3) is 0.600. The summed E-state index contributed by atoms with van der Waals surface area (Å²) in [6.07, 6.45) is 6.71. The number of nitrogens with two attached hydrogens (primary N) is 1. The van der Waals surface area contributed by atoms with Gasteiger partial charge in [0.15, 0.2) is 0 Å². The van der Waals surface area contributed by atoms with Crippen molar-refractivity contribution < 1.29 is 4.79 Å². The van der Waals surface area contributed by atoms with Gasteiger partial charge in [0, 0.05) is 38.4 Å². The normalized spacial score (nSPS) is 17.4. The number of nitrogens with zero attached hydrogens (tertiary/aromatic N) is 2. The average molecular weight is 261 g/mol. The molecule has 1 heterocycles. The van der Waals surface area contributed by atoms with Crippen LogP contribution in [-0.2, 0) is 11.2 Å². The predicted octanol–water partition coefficient (Wildman–Crippen LogP) is 1.60. The molecule has 0 bridgehead atoms. The quantitative estimate of drug-likeness (QED) is 0.876. The molecule has 1 saturated carbocycles. The van der Waals surface area contributed by atoms with Crippen molar-refractivity contribution >= 4 is 5.91 Å². The Labute approximate surface area is 115 Å². The number of hydrogen-bond donors (Lipinski definition) is 1. The minimum atomic E-state index is -0.293. The molecule has 1 aliphatic rings. The summed E-state index contributed by atoms with van der Waals surface area (Å²) in [6.45, 7) is 1.18. The van der Waals surface area contributed by atoms with E-state index in [-0.39, 0.29) is 11.3 Å². The lowest BCUT2D eigenvalue weighted by molar-refractivity contribution is -0.140. The molecule has 1 aliphatic carbocycles. The van der Waals surface area contributed by atoms with Crippen LogP contribution in [-0.4, -0.2) is 35.9 Å². The molecule has 2 rings (SSSR count). The molecule has 2 N–H and O–H groups in total. The van der Waals surface area contributed by atoms with Crippen LogP contribution in [0.25, 0.3) is 0 Å². The van der Waals surface area contributed by atoms with Crippen LogP contribution in [0.1, 0.15) is 31.4 Å². The van der Waals surface area contributed by atoms with Crippen LogP contribution in [0.5, 0.6) is 0 Å². The van der Waals surface area contributed by atoms with Crippen molar-refractivity contribution in [1.82, 2.24) is 9.88 Å². The maximum Gasteiger partial charge on any atom is 0.229 e. The van der Waals surface area contributed by atoms with Crippen LogP contribution < -0.4 is 5.73 Å². The van der Waals surface area contributed by atoms with Gasteiger partial charge in [0.05, 0.1) is 5.41 Å². The Hall–Kier alpha value is -1.42. The van der Waals surface area contributed by atoms with Crippen LogP contribution >= 0.6 is 0 Å². The molecule has 19 heavy (non-hydrogen) atoms. The molecular formula is C15H23N3O. The van der Waals surface area contributed by atoms with E-state index in [0.29, 0.717) is 13.1 Å². The van der Waals surface area contributed by atoms with Crippen molar-refractivity contribution in [2.45, 2.75) is 32.1 Å². The monoisotopic (exact) mass is 261 g/mol. The highest BCUT2D eigenvalue weighted by Gasteiger charge is 2.41. The number of pyridine rings is 1. The van der Waals surface area contributed by atoms with Gasteiger partial charge in [-0.15, -0.1) is 0 Å². The second kappa shape index (κ2) is 6.15. The third-order valence-electron chi connectivity index (χ3n) is 4.18. The van der Waals surface area contributed by atoms with Crippen molar-refractivity contribution in [3.05, 3.63) is 30.1 Å². The minimum absolute atomic E-state index is 0.212. The molecular weight excluding hydrogens is 238 g/mol. The summed E-state index contributed by atoms with van der Waals surface area (Å²) >= 11 is 0. The number of carbonyl (C=O) groups is 1. The molecule has 0 aliphatic heterocycles. The molecule has 4 heteroatoms. The van der Waals surface area contributed by atoms with Crippen molar-refractivity contribution in [3.63, 3.8) is 0 Å². The van der Waals surface area contributed by atoms with E-state index >= 15 is 0 Å². The lowest BCUT2D eigenvalue weighted by Gasteiger charge is -2.31. The Kier molecular flexibility index (Phi) is 4.53. The summed E-state index contributed by atoms with van der Waals surface area (Å²) < 4.78 is 0. The highest BCUT2D eigenvalue weighted by molar-refractivity contribution is 5.83. The van der Waals surface area contributed by atoms with Gasteiger partial charge in [-0.1, -0.05) is 18.9 Å². The summed E-state index contributed by atoms with van der Waals surface area (Å²) in [5.74, 6) is 0.212. The van der Waals surface area contributed by atoms with Gasteiger partial charge in [0.2, 0.25) is 5.91 Å². The Morgan fingerprint density at radius 2 is 2.16 bits per heavy atom. The fourth-order valence-electron chi connectivity index (χ4n) is 2.89. The topological polar surface area (TPSA) is 59.2 Å². The second-order valence-corrected chi connectivity index (χ2v) is 5.49. The maximum atomic E-state index is 12.5. The molecule has 0 saturated heterocycles. The number of amides is 1. The fourth-order valence-corrected chi connectivity index (χ4v) is 2.89. The Bertz CT molecular complexity index is 413. The second-order valence-electron chi connectivity index (χ2n) is 5.49. The summed E-state index contributed by atoms with van der Waals surface area (Å²) in [7, 11) is 1.88. The molecule has 1 aromatic rings. The van der Waals surface area contributed by atoms with Crippen molar-refractivity contribution in [1.29, 1.82) is 0 Å². The summed E-state index contributed by atoms with van der Waals surface area (Å²) in [5.41, 5.74) is 6.59. The van der Waals surface area contributed by atoms with E-state index in [1.54, 1.807) is 6.20 Å². The molecule has 0 radical (unpaired) electrons. The van der Waals surface area contributed by atoms with Gasteiger partial charge in [-0.25, -0.2) is 0 Å². The smallest absolute Gasteiger partial charge is 0.229 e. The zero-order valence-electron chi connectivity index (χ0n) is 11.6. The van der Waals surface area contributed by atoms with Crippen molar-refractivity contribution in [3.8, 4) is 0 Å². The van der Waals surface area contributed by atoms with Gasteiger partial charge in [-0.05, 0) is 25.0 Å².